The summed E-state index contributed by atoms with van der Waals surface area (Å²) in [6.07, 6.45) is 2.68. The summed E-state index contributed by atoms with van der Waals surface area (Å²) >= 11 is 5.87. The topological polar surface area (TPSA) is 49.4 Å². The van der Waals surface area contributed by atoms with Crippen molar-refractivity contribution in [3.63, 3.8) is 0 Å². The number of carbonyl (C=O) groups excluding carboxylic acids is 2. The number of rotatable bonds is 1. The van der Waals surface area contributed by atoms with Gasteiger partial charge in [-0.3, -0.25) is 14.5 Å². The van der Waals surface area contributed by atoms with Crippen LogP contribution in [0, 0.1) is 11.6 Å². The molecule has 21 heavy (non-hydrogen) atoms. The summed E-state index contributed by atoms with van der Waals surface area (Å²) in [5.74, 6) is -2.52. The highest BCUT2D eigenvalue weighted by Gasteiger charge is 2.49. The normalized spacial score (nSPS) is 21.0. The van der Waals surface area contributed by atoms with E-state index in [2.05, 4.69) is 5.32 Å². The minimum Gasteiger partial charge on any atom is -0.340 e. The highest BCUT2D eigenvalue weighted by Crippen LogP contribution is 2.38. The van der Waals surface area contributed by atoms with E-state index in [0.29, 0.717) is 18.9 Å². The second-order valence-corrected chi connectivity index (χ2v) is 5.85. The van der Waals surface area contributed by atoms with E-state index in [9.17, 15) is 18.4 Å². The fourth-order valence-electron chi connectivity index (χ4n) is 3.12. The second kappa shape index (κ2) is 4.94. The fourth-order valence-corrected chi connectivity index (χ4v) is 3.42. The zero-order valence-electron chi connectivity index (χ0n) is 11.1. The summed E-state index contributed by atoms with van der Waals surface area (Å²) in [5.41, 5.74) is -1.20. The number of hydrogen-bond donors (Lipinski definition) is 1. The number of hydrogen-bond acceptors (Lipinski definition) is 2. The molecule has 7 heteroatoms. The minimum atomic E-state index is -0.973. The van der Waals surface area contributed by atoms with Gasteiger partial charge in [0.15, 0.2) is 5.82 Å². The summed E-state index contributed by atoms with van der Waals surface area (Å²) in [7, 11) is 0. The van der Waals surface area contributed by atoms with E-state index in [0.717, 1.165) is 23.8 Å². The molecule has 1 aliphatic carbocycles. The molecule has 2 amide bonds. The third-order valence-corrected chi connectivity index (χ3v) is 4.33. The molecule has 4 nitrogen and oxygen atoms in total. The number of carbonyl (C=O) groups is 2. The van der Waals surface area contributed by atoms with Crippen LogP contribution in [0.4, 0.5) is 14.5 Å². The maximum absolute atomic E-state index is 14.0. The first-order chi connectivity index (χ1) is 9.93. The molecule has 1 spiro atoms. The van der Waals surface area contributed by atoms with E-state index in [-0.39, 0.29) is 29.1 Å². The van der Waals surface area contributed by atoms with Crippen molar-refractivity contribution in [3.05, 3.63) is 28.8 Å². The van der Waals surface area contributed by atoms with E-state index in [1.807, 2.05) is 0 Å². The van der Waals surface area contributed by atoms with Gasteiger partial charge in [-0.2, -0.15) is 0 Å². The van der Waals surface area contributed by atoms with Crippen LogP contribution < -0.4 is 10.2 Å². The molecule has 1 N–H and O–H groups in total. The van der Waals surface area contributed by atoms with Crippen molar-refractivity contribution in [2.45, 2.75) is 31.2 Å². The van der Waals surface area contributed by atoms with Crippen molar-refractivity contribution in [1.29, 1.82) is 0 Å². The van der Waals surface area contributed by atoms with E-state index < -0.39 is 17.2 Å². The molecule has 2 aliphatic rings. The second-order valence-electron chi connectivity index (χ2n) is 5.45. The average Bonchev–Trinajstić information content (AvgIpc) is 2.83. The predicted molar refractivity (Wildman–Crippen MR) is 73.1 cm³/mol. The molecule has 1 aromatic rings. The highest BCUT2D eigenvalue weighted by molar-refractivity contribution is 6.34. The van der Waals surface area contributed by atoms with Gasteiger partial charge in [0.1, 0.15) is 17.9 Å². The monoisotopic (exact) mass is 314 g/mol. The quantitative estimate of drug-likeness (QED) is 0.865. The third-order valence-electron chi connectivity index (χ3n) is 4.04. The van der Waals surface area contributed by atoms with Gasteiger partial charge in [-0.1, -0.05) is 24.4 Å². The first-order valence-electron chi connectivity index (χ1n) is 6.70. The maximum Gasteiger partial charge on any atom is 0.253 e. The van der Waals surface area contributed by atoms with Crippen molar-refractivity contribution < 1.29 is 18.4 Å². The van der Waals surface area contributed by atoms with Crippen LogP contribution in [0.15, 0.2) is 12.1 Å². The Morgan fingerprint density at radius 2 is 1.86 bits per heavy atom. The molecule has 1 aliphatic heterocycles. The lowest BCUT2D eigenvalue weighted by molar-refractivity contribution is -0.135. The maximum atomic E-state index is 14.0. The van der Waals surface area contributed by atoms with E-state index >= 15 is 0 Å². The summed E-state index contributed by atoms with van der Waals surface area (Å²) in [6.45, 7) is -0.317. The predicted octanol–water partition coefficient (Wildman–Crippen LogP) is 2.39. The molecule has 1 saturated carbocycles. The summed E-state index contributed by atoms with van der Waals surface area (Å²) in [6, 6.07) is 1.59. The van der Waals surface area contributed by atoms with Crippen LogP contribution in [-0.2, 0) is 9.59 Å². The molecule has 2 fully saturated rings. The van der Waals surface area contributed by atoms with Gasteiger partial charge in [0.2, 0.25) is 5.91 Å². The lowest BCUT2D eigenvalue weighted by Crippen LogP contribution is -2.66. The van der Waals surface area contributed by atoms with Gasteiger partial charge in [0.25, 0.3) is 5.91 Å². The lowest BCUT2D eigenvalue weighted by atomic mass is 9.92. The summed E-state index contributed by atoms with van der Waals surface area (Å²) in [4.78, 5) is 25.6. The average molecular weight is 315 g/mol. The van der Waals surface area contributed by atoms with Crippen LogP contribution in [0.2, 0.25) is 5.02 Å². The zero-order valence-corrected chi connectivity index (χ0v) is 11.8. The molecule has 0 radical (unpaired) electrons. The molecule has 0 aromatic heterocycles. The molecule has 1 saturated heterocycles. The number of halogens is 3. The fraction of sp³-hybridized carbons (Fsp3) is 0.429. The molecule has 1 heterocycles. The lowest BCUT2D eigenvalue weighted by Gasteiger charge is -2.39. The molecule has 1 aromatic carbocycles. The highest BCUT2D eigenvalue weighted by atomic mass is 35.5. The van der Waals surface area contributed by atoms with Crippen molar-refractivity contribution in [2.75, 3.05) is 11.4 Å². The van der Waals surface area contributed by atoms with Crippen molar-refractivity contribution >= 4 is 29.1 Å². The van der Waals surface area contributed by atoms with Gasteiger partial charge in [0.05, 0.1) is 10.7 Å². The SMILES string of the molecule is O=C1CN(c2c(F)cc(F)cc2Cl)C(=O)C2(CCCC2)N1. The van der Waals surface area contributed by atoms with Crippen molar-refractivity contribution in [2.24, 2.45) is 0 Å². The number of nitrogens with zero attached hydrogens (tertiary/aromatic N) is 1. The number of piperazine rings is 1. The first kappa shape index (κ1) is 14.3. The third kappa shape index (κ3) is 2.27. The summed E-state index contributed by atoms with van der Waals surface area (Å²) < 4.78 is 27.2. The van der Waals surface area contributed by atoms with Gasteiger partial charge < -0.3 is 5.32 Å². The Morgan fingerprint density at radius 3 is 2.48 bits per heavy atom. The molecule has 3 rings (SSSR count). The Balaban J connectivity index is 2.05. The van der Waals surface area contributed by atoms with Crippen molar-refractivity contribution in [1.82, 2.24) is 5.32 Å². The standard InChI is InChI=1S/C14H13ClF2N2O2/c15-9-5-8(16)6-10(17)12(9)19-7-11(20)18-14(13(19)21)3-1-2-4-14/h5-6H,1-4,7H2,(H,18,20). The number of nitrogens with one attached hydrogen (secondary N) is 1. The van der Waals surface area contributed by atoms with Crippen LogP contribution in [-0.4, -0.2) is 23.9 Å². The largest absolute Gasteiger partial charge is 0.340 e. The Bertz CT molecular complexity index is 606. The van der Waals surface area contributed by atoms with Crippen LogP contribution in [0.5, 0.6) is 0 Å². The Labute approximate surface area is 125 Å². The Kier molecular flexibility index (Phi) is 3.36. The molecule has 0 unspecified atom stereocenters. The van der Waals surface area contributed by atoms with E-state index in [1.165, 1.54) is 0 Å². The van der Waals surface area contributed by atoms with Gasteiger partial charge in [-0.15, -0.1) is 0 Å². The van der Waals surface area contributed by atoms with Gasteiger partial charge >= 0.3 is 0 Å². The number of amides is 2. The zero-order chi connectivity index (χ0) is 15.2. The Hall–Kier alpha value is -1.69. The van der Waals surface area contributed by atoms with Crippen molar-refractivity contribution in [3.8, 4) is 0 Å². The van der Waals surface area contributed by atoms with Gasteiger partial charge in [-0.05, 0) is 18.9 Å². The van der Waals surface area contributed by atoms with Gasteiger partial charge in [-0.25, -0.2) is 8.78 Å². The molecular formula is C14H13ClF2N2O2. The van der Waals surface area contributed by atoms with Gasteiger partial charge in [0, 0.05) is 6.07 Å². The van der Waals surface area contributed by atoms with Crippen LogP contribution in [0.25, 0.3) is 0 Å². The molecular weight excluding hydrogens is 302 g/mol. The first-order valence-corrected chi connectivity index (χ1v) is 7.08. The molecule has 112 valence electrons. The van der Waals surface area contributed by atoms with Crippen LogP contribution in [0.1, 0.15) is 25.7 Å². The minimum absolute atomic E-state index is 0.219. The van der Waals surface area contributed by atoms with Crippen LogP contribution in [0.3, 0.4) is 0 Å². The van der Waals surface area contributed by atoms with Crippen LogP contribution >= 0.6 is 11.6 Å². The number of benzene rings is 1. The number of anilines is 1. The van der Waals surface area contributed by atoms with E-state index in [1.54, 1.807) is 0 Å². The smallest absolute Gasteiger partial charge is 0.253 e. The summed E-state index contributed by atoms with van der Waals surface area (Å²) in [5, 5.41) is 2.50. The molecule has 0 bridgehead atoms. The Morgan fingerprint density at radius 1 is 1.19 bits per heavy atom. The molecule has 0 atom stereocenters. The van der Waals surface area contributed by atoms with E-state index in [4.69, 9.17) is 11.6 Å².